The summed E-state index contributed by atoms with van der Waals surface area (Å²) < 4.78 is 16.0. The summed E-state index contributed by atoms with van der Waals surface area (Å²) >= 11 is 6.48. The number of allylic oxidation sites excluding steroid dienone is 1. The number of primary amides is 1. The van der Waals surface area contributed by atoms with Gasteiger partial charge in [-0.15, -0.1) is 0 Å². The lowest BCUT2D eigenvalue weighted by atomic mass is 9.80. The number of nitrogens with one attached hydrogen (secondary N) is 2. The maximum absolute atomic E-state index is 13.1. The first-order valence-electron chi connectivity index (χ1n) is 11.7. The Balaban J connectivity index is 2.22. The van der Waals surface area contributed by atoms with E-state index in [-0.39, 0.29) is 56.3 Å². The van der Waals surface area contributed by atoms with E-state index in [1.807, 2.05) is 0 Å². The number of hydrogen-bond donors (Lipinski definition) is 4. The van der Waals surface area contributed by atoms with Crippen LogP contribution in [0.3, 0.4) is 0 Å². The molecule has 11 nitrogen and oxygen atoms in total. The summed E-state index contributed by atoms with van der Waals surface area (Å²) in [6.45, 7) is 3.75. The molecule has 0 radical (unpaired) electrons. The number of hydrogen-bond acceptors (Lipinski definition) is 9. The summed E-state index contributed by atoms with van der Waals surface area (Å²) in [5.74, 6) is -3.07. The third-order valence-corrected chi connectivity index (χ3v) is 5.97. The largest absolute Gasteiger partial charge is 0.466 e. The molecule has 0 aromatic heterocycles. The number of esters is 2. The normalized spacial score (nSPS) is 16.1. The van der Waals surface area contributed by atoms with E-state index in [9.17, 15) is 19.2 Å². The van der Waals surface area contributed by atoms with E-state index >= 15 is 0 Å². The maximum atomic E-state index is 13.1. The van der Waals surface area contributed by atoms with Gasteiger partial charge in [-0.05, 0) is 31.9 Å². The first kappa shape index (κ1) is 29.8. The molecule has 2 unspecified atom stereocenters. The zero-order chi connectivity index (χ0) is 27.5. The zero-order valence-electron chi connectivity index (χ0n) is 21.1. The predicted octanol–water partition coefficient (Wildman–Crippen LogP) is 1.02. The minimum Gasteiger partial charge on any atom is -0.466 e. The molecule has 1 aromatic rings. The molecule has 0 spiro atoms. The van der Waals surface area contributed by atoms with Crippen LogP contribution in [0.2, 0.25) is 5.02 Å². The molecule has 1 aromatic carbocycles. The van der Waals surface area contributed by atoms with Crippen molar-refractivity contribution in [3.63, 3.8) is 0 Å². The van der Waals surface area contributed by atoms with Crippen molar-refractivity contribution in [1.29, 1.82) is 0 Å². The van der Waals surface area contributed by atoms with Crippen LogP contribution in [0.4, 0.5) is 0 Å². The standard InChI is InChI=1S/C25H33ClN4O7/c1-4-37-25(34)22-18(13-36-12-11-29-19(31)10-9-17(27)23(28)32)30-14(2)20(24(33)35-3)21(22)15-7-5-6-8-16(15)26/h5-8,17,21,30H,4,9-13,27H2,1-3H3,(H2,28,32)(H,29,31). The quantitative estimate of drug-likeness (QED) is 0.212. The second kappa shape index (κ2) is 14.4. The van der Waals surface area contributed by atoms with Crippen LogP contribution in [0.5, 0.6) is 0 Å². The van der Waals surface area contributed by atoms with Crippen molar-refractivity contribution in [3.8, 4) is 0 Å². The minimum absolute atomic E-state index is 0.0384. The summed E-state index contributed by atoms with van der Waals surface area (Å²) in [6, 6.07) is 6.01. The van der Waals surface area contributed by atoms with E-state index in [4.69, 9.17) is 37.3 Å². The Morgan fingerprint density at radius 2 is 1.86 bits per heavy atom. The van der Waals surface area contributed by atoms with Gasteiger partial charge in [0.25, 0.3) is 0 Å². The minimum atomic E-state index is -0.884. The highest BCUT2D eigenvalue weighted by molar-refractivity contribution is 6.31. The average molecular weight is 537 g/mol. The SMILES string of the molecule is CCOC(=O)C1=C(COCCNC(=O)CCC(N)C(N)=O)NC(C)=C(C(=O)OC)C1c1ccccc1Cl. The number of nitrogens with two attached hydrogens (primary N) is 2. The van der Waals surface area contributed by atoms with Crippen LogP contribution in [-0.2, 0) is 33.4 Å². The van der Waals surface area contributed by atoms with Crippen molar-refractivity contribution < 1.29 is 33.4 Å². The second-order valence-electron chi connectivity index (χ2n) is 8.17. The lowest BCUT2D eigenvalue weighted by Crippen LogP contribution is -2.38. The van der Waals surface area contributed by atoms with Gasteiger partial charge in [0.2, 0.25) is 11.8 Å². The molecule has 37 heavy (non-hydrogen) atoms. The first-order chi connectivity index (χ1) is 17.6. The predicted molar refractivity (Wildman–Crippen MR) is 136 cm³/mol. The molecule has 2 atom stereocenters. The van der Waals surface area contributed by atoms with E-state index in [2.05, 4.69) is 10.6 Å². The average Bonchev–Trinajstić information content (AvgIpc) is 2.86. The number of ether oxygens (including phenoxy) is 3. The number of carbonyl (C=O) groups excluding carboxylic acids is 4. The Morgan fingerprint density at radius 1 is 1.16 bits per heavy atom. The number of methoxy groups -OCH3 is 1. The molecule has 1 heterocycles. The van der Waals surface area contributed by atoms with Crippen LogP contribution in [0.25, 0.3) is 0 Å². The van der Waals surface area contributed by atoms with Gasteiger partial charge in [0.1, 0.15) is 0 Å². The van der Waals surface area contributed by atoms with Crippen LogP contribution in [0.15, 0.2) is 46.8 Å². The van der Waals surface area contributed by atoms with Gasteiger partial charge in [0.05, 0.1) is 55.7 Å². The molecule has 0 fully saturated rings. The van der Waals surface area contributed by atoms with Crippen molar-refractivity contribution in [2.24, 2.45) is 11.5 Å². The fourth-order valence-electron chi connectivity index (χ4n) is 3.82. The first-order valence-corrected chi connectivity index (χ1v) is 12.1. The molecule has 0 saturated heterocycles. The summed E-state index contributed by atoms with van der Waals surface area (Å²) in [5.41, 5.74) is 12.4. The van der Waals surface area contributed by atoms with Gasteiger partial charge in [-0.1, -0.05) is 29.8 Å². The molecular formula is C25H33ClN4O7. The van der Waals surface area contributed by atoms with E-state index < -0.39 is 29.8 Å². The molecule has 0 bridgehead atoms. The van der Waals surface area contributed by atoms with Gasteiger partial charge in [-0.3, -0.25) is 9.59 Å². The molecule has 0 saturated carbocycles. The fourth-order valence-corrected chi connectivity index (χ4v) is 4.06. The van der Waals surface area contributed by atoms with E-state index in [1.165, 1.54) is 7.11 Å². The van der Waals surface area contributed by atoms with Crippen LogP contribution >= 0.6 is 11.6 Å². The Bertz CT molecular complexity index is 1090. The number of benzene rings is 1. The van der Waals surface area contributed by atoms with Crippen molar-refractivity contribution in [1.82, 2.24) is 10.6 Å². The number of carbonyl (C=O) groups is 4. The fraction of sp³-hybridized carbons (Fsp3) is 0.440. The van der Waals surface area contributed by atoms with Gasteiger partial charge >= 0.3 is 11.9 Å². The topological polar surface area (TPSA) is 172 Å². The molecule has 1 aliphatic heterocycles. The van der Waals surface area contributed by atoms with Crippen LogP contribution in [0.1, 0.15) is 38.2 Å². The third-order valence-electron chi connectivity index (χ3n) is 5.62. The number of rotatable bonds is 13. The highest BCUT2D eigenvalue weighted by atomic mass is 35.5. The monoisotopic (exact) mass is 536 g/mol. The molecule has 2 amide bonds. The van der Waals surface area contributed by atoms with Crippen LogP contribution in [0, 0.1) is 0 Å². The Labute approximate surface area is 220 Å². The highest BCUT2D eigenvalue weighted by Crippen LogP contribution is 2.41. The van der Waals surface area contributed by atoms with Gasteiger partial charge in [-0.25, -0.2) is 9.59 Å². The lowest BCUT2D eigenvalue weighted by molar-refractivity contribution is -0.139. The molecule has 1 aliphatic rings. The van der Waals surface area contributed by atoms with Crippen LogP contribution in [-0.4, -0.2) is 63.3 Å². The van der Waals surface area contributed by atoms with Crippen molar-refractivity contribution in [2.75, 3.05) is 33.5 Å². The maximum Gasteiger partial charge on any atom is 0.336 e. The highest BCUT2D eigenvalue weighted by Gasteiger charge is 2.39. The Morgan fingerprint density at radius 3 is 2.49 bits per heavy atom. The second-order valence-corrected chi connectivity index (χ2v) is 8.58. The van der Waals surface area contributed by atoms with Crippen molar-refractivity contribution in [3.05, 3.63) is 57.4 Å². The molecule has 12 heteroatoms. The smallest absolute Gasteiger partial charge is 0.336 e. The van der Waals surface area contributed by atoms with Crippen molar-refractivity contribution in [2.45, 2.75) is 38.6 Å². The van der Waals surface area contributed by atoms with Crippen molar-refractivity contribution >= 4 is 35.4 Å². The summed E-state index contributed by atoms with van der Waals surface area (Å²) in [7, 11) is 1.26. The molecule has 0 aliphatic carbocycles. The molecule has 202 valence electrons. The van der Waals surface area contributed by atoms with Crippen LogP contribution < -0.4 is 22.1 Å². The van der Waals surface area contributed by atoms with E-state index in [0.717, 1.165) is 0 Å². The van der Waals surface area contributed by atoms with Gasteiger partial charge < -0.3 is 36.3 Å². The summed E-state index contributed by atoms with van der Waals surface area (Å²) in [4.78, 5) is 48.8. The Kier molecular flexibility index (Phi) is 11.6. The summed E-state index contributed by atoms with van der Waals surface area (Å²) in [6.07, 6.45) is 0.183. The summed E-state index contributed by atoms with van der Waals surface area (Å²) in [5, 5.41) is 6.10. The molecular weight excluding hydrogens is 504 g/mol. The zero-order valence-corrected chi connectivity index (χ0v) is 21.9. The van der Waals surface area contributed by atoms with E-state index in [0.29, 0.717) is 22.0 Å². The lowest BCUT2D eigenvalue weighted by Gasteiger charge is -2.31. The third kappa shape index (κ3) is 8.04. The number of dihydropyridines is 1. The number of amides is 2. The van der Waals surface area contributed by atoms with Gasteiger partial charge in [0.15, 0.2) is 0 Å². The number of halogens is 1. The van der Waals surface area contributed by atoms with Gasteiger partial charge in [-0.2, -0.15) is 0 Å². The Hall–Kier alpha value is -3.41. The van der Waals surface area contributed by atoms with Gasteiger partial charge in [0, 0.05) is 23.7 Å². The molecule has 6 N–H and O–H groups in total. The molecule has 2 rings (SSSR count). The van der Waals surface area contributed by atoms with E-state index in [1.54, 1.807) is 38.1 Å².